The molecule has 2 aromatic carbocycles. The summed E-state index contributed by atoms with van der Waals surface area (Å²) in [7, 11) is 0. The van der Waals surface area contributed by atoms with Gasteiger partial charge in [0.25, 0.3) is 11.6 Å². The van der Waals surface area contributed by atoms with Crippen LogP contribution in [0.1, 0.15) is 17.3 Å². The van der Waals surface area contributed by atoms with E-state index in [1.165, 1.54) is 19.1 Å². The smallest absolute Gasteiger partial charge is 0.340 e. The van der Waals surface area contributed by atoms with Crippen molar-refractivity contribution < 1.29 is 19.2 Å². The Bertz CT molecular complexity index is 779. The molecular formula is C16H13ClN2O5. The SMILES string of the molecule is C[C@@H](OC(=O)c1cc([N+](=O)[O-])ccc1Cl)C(=O)Nc1ccccc1. The molecule has 0 aliphatic carbocycles. The molecule has 0 radical (unpaired) electrons. The van der Waals surface area contributed by atoms with E-state index in [2.05, 4.69) is 5.32 Å². The van der Waals surface area contributed by atoms with Crippen molar-refractivity contribution in [3.63, 3.8) is 0 Å². The molecule has 1 amide bonds. The van der Waals surface area contributed by atoms with Crippen LogP contribution in [-0.2, 0) is 9.53 Å². The van der Waals surface area contributed by atoms with Gasteiger partial charge in [-0.25, -0.2) is 4.79 Å². The van der Waals surface area contributed by atoms with Crippen LogP contribution in [0, 0.1) is 10.1 Å². The number of hydrogen-bond donors (Lipinski definition) is 1. The zero-order chi connectivity index (χ0) is 17.7. The van der Waals surface area contributed by atoms with Crippen LogP contribution in [-0.4, -0.2) is 22.9 Å². The van der Waals surface area contributed by atoms with E-state index in [-0.39, 0.29) is 16.3 Å². The number of esters is 1. The fraction of sp³-hybridized carbons (Fsp3) is 0.125. The number of halogens is 1. The second kappa shape index (κ2) is 7.56. The number of carbonyl (C=O) groups excluding carboxylic acids is 2. The molecule has 124 valence electrons. The van der Waals surface area contributed by atoms with E-state index in [0.717, 1.165) is 6.07 Å². The average Bonchev–Trinajstić information content (AvgIpc) is 2.55. The Balaban J connectivity index is 2.07. The van der Waals surface area contributed by atoms with Gasteiger partial charge in [-0.15, -0.1) is 0 Å². The van der Waals surface area contributed by atoms with Gasteiger partial charge >= 0.3 is 5.97 Å². The van der Waals surface area contributed by atoms with E-state index in [9.17, 15) is 19.7 Å². The molecule has 0 spiro atoms. The minimum atomic E-state index is -1.10. The highest BCUT2D eigenvalue weighted by molar-refractivity contribution is 6.33. The molecule has 2 aromatic rings. The van der Waals surface area contributed by atoms with Crippen molar-refractivity contribution in [1.29, 1.82) is 0 Å². The molecular weight excluding hydrogens is 336 g/mol. The van der Waals surface area contributed by atoms with Gasteiger partial charge in [0.05, 0.1) is 15.5 Å². The molecule has 24 heavy (non-hydrogen) atoms. The number of benzene rings is 2. The molecule has 1 N–H and O–H groups in total. The third kappa shape index (κ3) is 4.30. The van der Waals surface area contributed by atoms with Gasteiger partial charge in [-0.1, -0.05) is 29.8 Å². The second-order valence-corrected chi connectivity index (χ2v) is 5.23. The zero-order valence-electron chi connectivity index (χ0n) is 12.6. The number of anilines is 1. The number of non-ortho nitro benzene ring substituents is 1. The summed E-state index contributed by atoms with van der Waals surface area (Å²) in [6.07, 6.45) is -1.10. The summed E-state index contributed by atoms with van der Waals surface area (Å²) in [6, 6.07) is 12.1. The number of ether oxygens (including phenoxy) is 1. The van der Waals surface area contributed by atoms with Crippen LogP contribution in [0.5, 0.6) is 0 Å². The molecule has 0 saturated heterocycles. The summed E-state index contributed by atoms with van der Waals surface area (Å²) >= 11 is 5.86. The van der Waals surface area contributed by atoms with Crippen molar-refractivity contribution in [1.82, 2.24) is 0 Å². The van der Waals surface area contributed by atoms with Crippen molar-refractivity contribution in [3.8, 4) is 0 Å². The first-order chi connectivity index (χ1) is 11.4. The summed E-state index contributed by atoms with van der Waals surface area (Å²) in [5, 5.41) is 13.4. The Kier molecular flexibility index (Phi) is 5.49. The van der Waals surface area contributed by atoms with Crippen molar-refractivity contribution in [2.75, 3.05) is 5.32 Å². The Morgan fingerprint density at radius 1 is 1.21 bits per heavy atom. The van der Waals surface area contributed by atoms with Gasteiger partial charge in [0, 0.05) is 17.8 Å². The Hall–Kier alpha value is -2.93. The van der Waals surface area contributed by atoms with Gasteiger partial charge in [0.1, 0.15) is 0 Å². The van der Waals surface area contributed by atoms with E-state index in [4.69, 9.17) is 16.3 Å². The monoisotopic (exact) mass is 348 g/mol. The molecule has 0 aliphatic heterocycles. The quantitative estimate of drug-likeness (QED) is 0.507. The number of nitro benzene ring substituents is 1. The van der Waals surface area contributed by atoms with Crippen LogP contribution in [0.4, 0.5) is 11.4 Å². The van der Waals surface area contributed by atoms with Gasteiger partial charge in [-0.3, -0.25) is 14.9 Å². The fourth-order valence-corrected chi connectivity index (χ4v) is 2.02. The van der Waals surface area contributed by atoms with E-state index >= 15 is 0 Å². The Morgan fingerprint density at radius 2 is 1.88 bits per heavy atom. The molecule has 0 saturated carbocycles. The summed E-state index contributed by atoms with van der Waals surface area (Å²) in [5.74, 6) is -1.45. The van der Waals surface area contributed by atoms with E-state index in [0.29, 0.717) is 5.69 Å². The number of nitrogens with zero attached hydrogens (tertiary/aromatic N) is 1. The van der Waals surface area contributed by atoms with Crippen LogP contribution in [0.25, 0.3) is 0 Å². The lowest BCUT2D eigenvalue weighted by atomic mass is 10.2. The fourth-order valence-electron chi connectivity index (χ4n) is 1.83. The number of hydrogen-bond acceptors (Lipinski definition) is 5. The van der Waals surface area contributed by atoms with Crippen molar-refractivity contribution in [2.24, 2.45) is 0 Å². The Labute approximate surface area is 142 Å². The normalized spacial score (nSPS) is 11.4. The van der Waals surface area contributed by atoms with Crippen LogP contribution in [0.3, 0.4) is 0 Å². The first-order valence-corrected chi connectivity index (χ1v) is 7.27. The lowest BCUT2D eigenvalue weighted by Gasteiger charge is -2.14. The largest absolute Gasteiger partial charge is 0.449 e. The molecule has 0 unspecified atom stereocenters. The maximum absolute atomic E-state index is 12.1. The first-order valence-electron chi connectivity index (χ1n) is 6.89. The highest BCUT2D eigenvalue weighted by Gasteiger charge is 2.22. The zero-order valence-corrected chi connectivity index (χ0v) is 13.3. The summed E-state index contributed by atoms with van der Waals surface area (Å²) in [6.45, 7) is 1.39. The minimum absolute atomic E-state index is 0.00117. The van der Waals surface area contributed by atoms with Gasteiger partial charge < -0.3 is 10.1 Å². The first kappa shape index (κ1) is 17.4. The van der Waals surface area contributed by atoms with Gasteiger partial charge in [-0.2, -0.15) is 0 Å². The second-order valence-electron chi connectivity index (χ2n) is 4.82. The predicted molar refractivity (Wildman–Crippen MR) is 88.1 cm³/mol. The summed E-state index contributed by atoms with van der Waals surface area (Å²) < 4.78 is 5.03. The van der Waals surface area contributed by atoms with Crippen molar-refractivity contribution in [3.05, 3.63) is 69.2 Å². The average molecular weight is 349 g/mol. The van der Waals surface area contributed by atoms with E-state index in [1.807, 2.05) is 0 Å². The third-order valence-electron chi connectivity index (χ3n) is 3.08. The highest BCUT2D eigenvalue weighted by atomic mass is 35.5. The maximum atomic E-state index is 12.1. The molecule has 0 aromatic heterocycles. The topological polar surface area (TPSA) is 98.5 Å². The predicted octanol–water partition coefficient (Wildman–Crippen LogP) is 3.43. The van der Waals surface area contributed by atoms with Crippen LogP contribution < -0.4 is 5.32 Å². The third-order valence-corrected chi connectivity index (χ3v) is 3.40. The molecule has 0 fully saturated rings. The molecule has 1 atom stereocenters. The van der Waals surface area contributed by atoms with Crippen LogP contribution >= 0.6 is 11.6 Å². The molecule has 0 heterocycles. The van der Waals surface area contributed by atoms with Crippen LogP contribution in [0.15, 0.2) is 48.5 Å². The highest BCUT2D eigenvalue weighted by Crippen LogP contribution is 2.23. The summed E-state index contributed by atoms with van der Waals surface area (Å²) in [5.41, 5.74) is 0.0803. The number of amides is 1. The van der Waals surface area contributed by atoms with Gasteiger partial charge in [0.15, 0.2) is 6.10 Å². The molecule has 0 aliphatic rings. The lowest BCUT2D eigenvalue weighted by Crippen LogP contribution is -2.30. The number of nitro groups is 1. The molecule has 7 nitrogen and oxygen atoms in total. The van der Waals surface area contributed by atoms with E-state index in [1.54, 1.807) is 30.3 Å². The van der Waals surface area contributed by atoms with Crippen LogP contribution in [0.2, 0.25) is 5.02 Å². The Morgan fingerprint density at radius 3 is 2.50 bits per heavy atom. The van der Waals surface area contributed by atoms with Gasteiger partial charge in [-0.05, 0) is 25.1 Å². The molecule has 2 rings (SSSR count). The maximum Gasteiger partial charge on any atom is 0.340 e. The number of para-hydroxylation sites is 1. The lowest BCUT2D eigenvalue weighted by molar-refractivity contribution is -0.384. The molecule has 0 bridgehead atoms. The minimum Gasteiger partial charge on any atom is -0.449 e. The standard InChI is InChI=1S/C16H13ClN2O5/c1-10(15(20)18-11-5-3-2-4-6-11)24-16(21)13-9-12(19(22)23)7-8-14(13)17/h2-10H,1H3,(H,18,20)/t10-/m1/s1. The van der Waals surface area contributed by atoms with Crippen molar-refractivity contribution >= 4 is 34.9 Å². The molecule has 8 heteroatoms. The van der Waals surface area contributed by atoms with Gasteiger partial charge in [0.2, 0.25) is 0 Å². The number of rotatable bonds is 5. The number of carbonyl (C=O) groups is 2. The van der Waals surface area contributed by atoms with Crippen molar-refractivity contribution in [2.45, 2.75) is 13.0 Å². The summed E-state index contributed by atoms with van der Waals surface area (Å²) in [4.78, 5) is 34.2. The van der Waals surface area contributed by atoms with E-state index < -0.39 is 22.9 Å². The number of nitrogens with one attached hydrogen (secondary N) is 1.